The molecule has 1 amide bonds. The second-order valence-electron chi connectivity index (χ2n) is 6.79. The molecule has 0 aliphatic heterocycles. The quantitative estimate of drug-likeness (QED) is 0.272. The van der Waals surface area contributed by atoms with Gasteiger partial charge in [-0.25, -0.2) is 4.79 Å². The number of esters is 1. The van der Waals surface area contributed by atoms with Crippen LogP contribution in [0.3, 0.4) is 0 Å². The van der Waals surface area contributed by atoms with Crippen molar-refractivity contribution in [2.75, 3.05) is 17.7 Å². The molecule has 6 nitrogen and oxygen atoms in total. The highest BCUT2D eigenvalue weighted by Gasteiger charge is 2.28. The van der Waals surface area contributed by atoms with Crippen molar-refractivity contribution in [3.8, 4) is 5.75 Å². The molecule has 2 aromatic carbocycles. The number of carbonyl (C=O) groups is 2. The van der Waals surface area contributed by atoms with Crippen molar-refractivity contribution in [2.45, 2.75) is 26.4 Å². The fraction of sp³-hybridized carbons (Fsp3) is 0.333. The van der Waals surface area contributed by atoms with Gasteiger partial charge in [0.15, 0.2) is 0 Å². The molecule has 0 aliphatic rings. The van der Waals surface area contributed by atoms with Gasteiger partial charge in [0.05, 0.1) is 16.8 Å². The van der Waals surface area contributed by atoms with E-state index >= 15 is 0 Å². The lowest BCUT2D eigenvalue weighted by Gasteiger charge is -2.26. The standard InChI is InChI=1S/C21H23Br2NO5S/c1-12-3-5-15(6-4-12)24-21(27)29-20(13(2)7-8-28-18(25)11-30)16-9-14(22)10-17(23)19(16)26/h3-6,9-10,13,20,26,30H,7-8,11H2,1-2H3,(H,24,27)/t13-,20+/m1/s1. The first kappa shape index (κ1) is 24.6. The summed E-state index contributed by atoms with van der Waals surface area (Å²) < 4.78 is 12.0. The number of aryl methyl sites for hydroxylation is 1. The molecule has 0 spiro atoms. The average molecular weight is 561 g/mol. The molecule has 2 atom stereocenters. The van der Waals surface area contributed by atoms with Gasteiger partial charge in [-0.1, -0.05) is 40.5 Å². The summed E-state index contributed by atoms with van der Waals surface area (Å²) >= 11 is 10.6. The number of nitrogens with one attached hydrogen (secondary N) is 1. The van der Waals surface area contributed by atoms with Gasteiger partial charge in [-0.05, 0) is 53.5 Å². The van der Waals surface area contributed by atoms with Crippen molar-refractivity contribution in [1.82, 2.24) is 0 Å². The number of carbonyl (C=O) groups excluding carboxylic acids is 2. The number of phenols is 1. The van der Waals surface area contributed by atoms with E-state index in [1.165, 1.54) is 0 Å². The lowest BCUT2D eigenvalue weighted by Crippen LogP contribution is -2.23. The highest BCUT2D eigenvalue weighted by Crippen LogP contribution is 2.40. The van der Waals surface area contributed by atoms with E-state index in [4.69, 9.17) is 9.47 Å². The zero-order valence-corrected chi connectivity index (χ0v) is 20.6. The maximum atomic E-state index is 12.6. The van der Waals surface area contributed by atoms with Crippen LogP contribution in [0.15, 0.2) is 45.3 Å². The van der Waals surface area contributed by atoms with Gasteiger partial charge in [0.1, 0.15) is 11.9 Å². The number of anilines is 1. The van der Waals surface area contributed by atoms with Crippen molar-refractivity contribution in [2.24, 2.45) is 5.92 Å². The highest BCUT2D eigenvalue weighted by molar-refractivity contribution is 9.11. The number of aromatic hydroxyl groups is 1. The summed E-state index contributed by atoms with van der Waals surface area (Å²) in [7, 11) is 0. The van der Waals surface area contributed by atoms with Crippen molar-refractivity contribution >= 4 is 62.2 Å². The van der Waals surface area contributed by atoms with Gasteiger partial charge in [-0.15, -0.1) is 0 Å². The molecule has 2 N–H and O–H groups in total. The van der Waals surface area contributed by atoms with Crippen molar-refractivity contribution < 1.29 is 24.2 Å². The summed E-state index contributed by atoms with van der Waals surface area (Å²) in [6.45, 7) is 3.96. The fourth-order valence-corrected chi connectivity index (χ4v) is 4.09. The molecule has 0 bridgehead atoms. The molecule has 0 saturated carbocycles. The minimum absolute atomic E-state index is 0.00731. The Hall–Kier alpha value is -1.71. The van der Waals surface area contributed by atoms with Crippen LogP contribution in [0.1, 0.15) is 30.6 Å². The minimum atomic E-state index is -0.779. The van der Waals surface area contributed by atoms with Gasteiger partial charge < -0.3 is 14.6 Å². The minimum Gasteiger partial charge on any atom is -0.506 e. The van der Waals surface area contributed by atoms with Crippen LogP contribution in [0.25, 0.3) is 0 Å². The summed E-state index contributed by atoms with van der Waals surface area (Å²) in [5.74, 6) is -0.709. The van der Waals surface area contributed by atoms with E-state index in [2.05, 4.69) is 49.8 Å². The number of hydrogen-bond acceptors (Lipinski definition) is 6. The Labute approximate surface area is 198 Å². The van der Waals surface area contributed by atoms with Gasteiger partial charge >= 0.3 is 12.1 Å². The number of rotatable bonds is 8. The van der Waals surface area contributed by atoms with Gasteiger partial charge in [0.25, 0.3) is 0 Å². The van der Waals surface area contributed by atoms with Crippen LogP contribution in [0.2, 0.25) is 0 Å². The number of hydrogen-bond donors (Lipinski definition) is 3. The molecule has 0 heterocycles. The molecule has 0 fully saturated rings. The largest absolute Gasteiger partial charge is 0.506 e. The predicted octanol–water partition coefficient (Wildman–Crippen LogP) is 6.01. The van der Waals surface area contributed by atoms with E-state index < -0.39 is 18.2 Å². The van der Waals surface area contributed by atoms with Crippen molar-refractivity contribution in [1.29, 1.82) is 0 Å². The average Bonchev–Trinajstić information content (AvgIpc) is 2.70. The van der Waals surface area contributed by atoms with E-state index in [0.717, 1.165) is 5.56 Å². The molecule has 0 unspecified atom stereocenters. The second-order valence-corrected chi connectivity index (χ2v) is 8.87. The molecule has 0 saturated heterocycles. The Bertz CT molecular complexity index is 892. The van der Waals surface area contributed by atoms with E-state index in [0.29, 0.717) is 26.6 Å². The first-order valence-corrected chi connectivity index (χ1v) is 11.4. The van der Waals surface area contributed by atoms with Crippen LogP contribution in [0, 0.1) is 12.8 Å². The van der Waals surface area contributed by atoms with Gasteiger partial charge in [0, 0.05) is 21.6 Å². The Kier molecular flexibility index (Phi) is 9.51. The number of ether oxygens (including phenoxy) is 2. The van der Waals surface area contributed by atoms with Crippen LogP contribution in [-0.4, -0.2) is 29.5 Å². The Morgan fingerprint density at radius 2 is 1.87 bits per heavy atom. The molecule has 0 aliphatic carbocycles. The smallest absolute Gasteiger partial charge is 0.412 e. The third kappa shape index (κ3) is 7.21. The number of phenolic OH excluding ortho intramolecular Hbond substituents is 1. The third-order valence-corrected chi connectivity index (χ3v) is 5.70. The molecule has 2 rings (SSSR count). The number of halogens is 2. The lowest BCUT2D eigenvalue weighted by molar-refractivity contribution is -0.141. The summed E-state index contributed by atoms with van der Waals surface area (Å²) in [6.07, 6.45) is -1.01. The predicted molar refractivity (Wildman–Crippen MR) is 126 cm³/mol. The molecule has 2 aromatic rings. The van der Waals surface area contributed by atoms with Crippen LogP contribution in [-0.2, 0) is 14.3 Å². The van der Waals surface area contributed by atoms with E-state index in [1.807, 2.05) is 26.0 Å². The zero-order chi connectivity index (χ0) is 22.3. The van der Waals surface area contributed by atoms with E-state index in [1.54, 1.807) is 24.3 Å². The Balaban J connectivity index is 2.21. The first-order chi connectivity index (χ1) is 14.2. The number of amides is 1. The molecular formula is C21H23Br2NO5S. The van der Waals surface area contributed by atoms with Gasteiger partial charge in [-0.2, -0.15) is 12.6 Å². The van der Waals surface area contributed by atoms with E-state index in [-0.39, 0.29) is 24.0 Å². The summed E-state index contributed by atoms with van der Waals surface area (Å²) in [5, 5.41) is 13.2. The van der Waals surface area contributed by atoms with Crippen molar-refractivity contribution in [3.63, 3.8) is 0 Å². The molecule has 0 aromatic heterocycles. The highest BCUT2D eigenvalue weighted by atomic mass is 79.9. The normalized spacial score (nSPS) is 12.7. The maximum Gasteiger partial charge on any atom is 0.412 e. The van der Waals surface area contributed by atoms with Crippen molar-refractivity contribution in [3.05, 3.63) is 56.5 Å². The first-order valence-electron chi connectivity index (χ1n) is 9.20. The SMILES string of the molecule is Cc1ccc(NC(=O)O[C@H](c2cc(Br)cc(Br)c2O)[C@H](C)CCOC(=O)CS)cc1. The Morgan fingerprint density at radius 3 is 2.50 bits per heavy atom. The second kappa shape index (κ2) is 11.6. The van der Waals surface area contributed by atoms with Gasteiger partial charge in [-0.3, -0.25) is 10.1 Å². The van der Waals surface area contributed by atoms with Crippen LogP contribution >= 0.6 is 44.5 Å². The number of benzene rings is 2. The zero-order valence-electron chi connectivity index (χ0n) is 16.5. The van der Waals surface area contributed by atoms with Crippen LogP contribution < -0.4 is 5.32 Å². The Morgan fingerprint density at radius 1 is 1.20 bits per heavy atom. The molecule has 0 radical (unpaired) electrons. The topological polar surface area (TPSA) is 84.9 Å². The summed E-state index contributed by atoms with van der Waals surface area (Å²) in [6, 6.07) is 10.7. The van der Waals surface area contributed by atoms with Gasteiger partial charge in [0.2, 0.25) is 0 Å². The molecule has 162 valence electrons. The van der Waals surface area contributed by atoms with Crippen LogP contribution in [0.5, 0.6) is 5.75 Å². The molecule has 9 heteroatoms. The molecular weight excluding hydrogens is 538 g/mol. The summed E-state index contributed by atoms with van der Waals surface area (Å²) in [4.78, 5) is 23.9. The number of thiol groups is 1. The maximum absolute atomic E-state index is 12.6. The summed E-state index contributed by atoms with van der Waals surface area (Å²) in [5.41, 5.74) is 2.10. The third-order valence-electron chi connectivity index (χ3n) is 4.38. The monoisotopic (exact) mass is 559 g/mol. The lowest BCUT2D eigenvalue weighted by atomic mass is 9.94. The van der Waals surface area contributed by atoms with E-state index in [9.17, 15) is 14.7 Å². The molecule has 30 heavy (non-hydrogen) atoms. The van der Waals surface area contributed by atoms with Crippen LogP contribution in [0.4, 0.5) is 10.5 Å². The fourth-order valence-electron chi connectivity index (χ4n) is 2.74.